The molecule has 0 unspecified atom stereocenters. The van der Waals surface area contributed by atoms with E-state index in [1.807, 2.05) is 29.9 Å². The summed E-state index contributed by atoms with van der Waals surface area (Å²) in [5, 5.41) is 3.22. The number of amides is 1. The van der Waals surface area contributed by atoms with Crippen LogP contribution < -0.4 is 5.32 Å². The van der Waals surface area contributed by atoms with E-state index in [2.05, 4.69) is 5.32 Å². The lowest BCUT2D eigenvalue weighted by atomic mass is 9.49. The van der Waals surface area contributed by atoms with Gasteiger partial charge in [-0.25, -0.2) is 0 Å². The number of hydrogen-bond acceptors (Lipinski definition) is 1. The maximum atomic E-state index is 12.3. The van der Waals surface area contributed by atoms with Gasteiger partial charge in [-0.05, 0) is 73.8 Å². The van der Waals surface area contributed by atoms with Gasteiger partial charge in [0.25, 0.3) is 5.91 Å². The van der Waals surface area contributed by atoms with Crippen molar-refractivity contribution in [3.8, 4) is 0 Å². The van der Waals surface area contributed by atoms with E-state index in [1.165, 1.54) is 38.5 Å². The summed E-state index contributed by atoms with van der Waals surface area (Å²) in [5.41, 5.74) is 1.20. The molecular weight excluding hydrogens is 248 g/mol. The Morgan fingerprint density at radius 2 is 1.85 bits per heavy atom. The molecule has 0 spiro atoms. The van der Waals surface area contributed by atoms with Crippen molar-refractivity contribution in [2.45, 2.75) is 38.5 Å². The van der Waals surface area contributed by atoms with Crippen molar-refractivity contribution >= 4 is 5.91 Å². The summed E-state index contributed by atoms with van der Waals surface area (Å²) < 4.78 is 1.90. The standard InChI is InChI=1S/C17H24N2O/c1-19-4-2-3-15(19)16(20)18-11-17-8-12-5-13(9-17)7-14(6-12)10-17/h2-4,12-14H,5-11H2,1H3,(H,18,20). The van der Waals surface area contributed by atoms with E-state index in [4.69, 9.17) is 0 Å². The van der Waals surface area contributed by atoms with Crippen LogP contribution in [0.2, 0.25) is 0 Å². The Hall–Kier alpha value is -1.25. The number of aromatic nitrogens is 1. The van der Waals surface area contributed by atoms with Gasteiger partial charge in [0, 0.05) is 19.8 Å². The predicted molar refractivity (Wildman–Crippen MR) is 78.4 cm³/mol. The van der Waals surface area contributed by atoms with Crippen molar-refractivity contribution in [3.63, 3.8) is 0 Å². The van der Waals surface area contributed by atoms with Crippen LogP contribution in [0.15, 0.2) is 18.3 Å². The molecule has 1 N–H and O–H groups in total. The number of carbonyl (C=O) groups is 1. The Morgan fingerprint density at radius 3 is 2.35 bits per heavy atom. The molecule has 3 heteroatoms. The summed E-state index contributed by atoms with van der Waals surface area (Å²) in [6.07, 6.45) is 10.4. The Kier molecular flexibility index (Phi) is 2.73. The van der Waals surface area contributed by atoms with Gasteiger partial charge >= 0.3 is 0 Å². The fourth-order valence-corrected chi connectivity index (χ4v) is 5.56. The van der Waals surface area contributed by atoms with E-state index in [1.54, 1.807) is 0 Å². The second kappa shape index (κ2) is 4.37. The average Bonchev–Trinajstić information content (AvgIpc) is 2.81. The van der Waals surface area contributed by atoms with Crippen molar-refractivity contribution in [2.24, 2.45) is 30.2 Å². The van der Waals surface area contributed by atoms with E-state index in [0.717, 1.165) is 30.0 Å². The lowest BCUT2D eigenvalue weighted by Crippen LogP contribution is -2.51. The van der Waals surface area contributed by atoms with Crippen LogP contribution in [0.3, 0.4) is 0 Å². The minimum atomic E-state index is 0.0910. The normalized spacial score (nSPS) is 38.1. The van der Waals surface area contributed by atoms with Gasteiger partial charge in [0.15, 0.2) is 0 Å². The molecule has 0 aliphatic heterocycles. The molecule has 1 aromatic heterocycles. The fourth-order valence-electron chi connectivity index (χ4n) is 5.56. The Labute approximate surface area is 120 Å². The molecule has 4 fully saturated rings. The quantitative estimate of drug-likeness (QED) is 0.902. The van der Waals surface area contributed by atoms with Crippen molar-refractivity contribution in [2.75, 3.05) is 6.54 Å². The first-order chi connectivity index (χ1) is 9.63. The van der Waals surface area contributed by atoms with Crippen LogP contribution in [0.1, 0.15) is 49.0 Å². The van der Waals surface area contributed by atoms with Crippen molar-refractivity contribution < 1.29 is 4.79 Å². The average molecular weight is 272 g/mol. The zero-order valence-electron chi connectivity index (χ0n) is 12.3. The maximum Gasteiger partial charge on any atom is 0.267 e. The topological polar surface area (TPSA) is 34.0 Å². The van der Waals surface area contributed by atoms with Crippen LogP contribution in [-0.2, 0) is 7.05 Å². The van der Waals surface area contributed by atoms with Crippen molar-refractivity contribution in [1.29, 1.82) is 0 Å². The molecule has 1 amide bonds. The van der Waals surface area contributed by atoms with Gasteiger partial charge in [-0.15, -0.1) is 0 Å². The molecule has 4 aliphatic rings. The molecule has 0 radical (unpaired) electrons. The molecule has 0 atom stereocenters. The van der Waals surface area contributed by atoms with Crippen LogP contribution in [0.5, 0.6) is 0 Å². The molecule has 1 aromatic rings. The monoisotopic (exact) mass is 272 g/mol. The Bertz CT molecular complexity index is 496. The Balaban J connectivity index is 1.45. The number of aryl methyl sites for hydroxylation is 1. The first kappa shape index (κ1) is 12.5. The summed E-state index contributed by atoms with van der Waals surface area (Å²) in [5.74, 6) is 2.95. The zero-order valence-corrected chi connectivity index (χ0v) is 12.3. The number of carbonyl (C=O) groups excluding carboxylic acids is 1. The molecule has 108 valence electrons. The highest BCUT2D eigenvalue weighted by Crippen LogP contribution is 2.59. The lowest BCUT2D eigenvalue weighted by molar-refractivity contribution is -0.0503. The minimum absolute atomic E-state index is 0.0910. The predicted octanol–water partition coefficient (Wildman–Crippen LogP) is 2.97. The number of nitrogens with one attached hydrogen (secondary N) is 1. The summed E-state index contributed by atoms with van der Waals surface area (Å²) >= 11 is 0. The van der Waals surface area contributed by atoms with Gasteiger partial charge < -0.3 is 9.88 Å². The second-order valence-electron chi connectivity index (χ2n) is 7.60. The smallest absolute Gasteiger partial charge is 0.267 e. The molecular formula is C17H24N2O. The molecule has 0 aromatic carbocycles. The summed E-state index contributed by atoms with van der Waals surface area (Å²) in [6.45, 7) is 0.889. The van der Waals surface area contributed by atoms with Gasteiger partial charge in [-0.1, -0.05) is 0 Å². The van der Waals surface area contributed by atoms with E-state index in [9.17, 15) is 4.79 Å². The minimum Gasteiger partial charge on any atom is -0.350 e. The first-order valence-corrected chi connectivity index (χ1v) is 8.03. The van der Waals surface area contributed by atoms with E-state index < -0.39 is 0 Å². The SMILES string of the molecule is Cn1cccc1C(=O)NCC12CC3CC(CC(C3)C1)C2. The third-order valence-corrected chi connectivity index (χ3v) is 5.97. The van der Waals surface area contributed by atoms with Crippen molar-refractivity contribution in [3.05, 3.63) is 24.0 Å². The van der Waals surface area contributed by atoms with Crippen LogP contribution >= 0.6 is 0 Å². The van der Waals surface area contributed by atoms with Crippen LogP contribution in [0, 0.1) is 23.2 Å². The first-order valence-electron chi connectivity index (χ1n) is 8.03. The highest BCUT2D eigenvalue weighted by Gasteiger charge is 2.50. The van der Waals surface area contributed by atoms with E-state index in [0.29, 0.717) is 5.41 Å². The van der Waals surface area contributed by atoms with Gasteiger partial charge in [0.2, 0.25) is 0 Å². The summed E-state index contributed by atoms with van der Waals surface area (Å²) in [6, 6.07) is 3.83. The maximum absolute atomic E-state index is 12.3. The third-order valence-electron chi connectivity index (χ3n) is 5.97. The third kappa shape index (κ3) is 1.99. The largest absolute Gasteiger partial charge is 0.350 e. The molecule has 1 heterocycles. The summed E-state index contributed by atoms with van der Waals surface area (Å²) in [4.78, 5) is 12.3. The highest BCUT2D eigenvalue weighted by atomic mass is 16.1. The molecule has 20 heavy (non-hydrogen) atoms. The molecule has 5 rings (SSSR count). The Morgan fingerprint density at radius 1 is 1.25 bits per heavy atom. The van der Waals surface area contributed by atoms with E-state index in [-0.39, 0.29) is 5.91 Å². The molecule has 0 saturated heterocycles. The summed E-state index contributed by atoms with van der Waals surface area (Å²) in [7, 11) is 1.93. The molecule has 4 bridgehead atoms. The van der Waals surface area contributed by atoms with Crippen molar-refractivity contribution in [1.82, 2.24) is 9.88 Å². The van der Waals surface area contributed by atoms with Gasteiger partial charge in [0.1, 0.15) is 5.69 Å². The van der Waals surface area contributed by atoms with Crippen LogP contribution in [-0.4, -0.2) is 17.0 Å². The fraction of sp³-hybridized carbons (Fsp3) is 0.706. The van der Waals surface area contributed by atoms with Gasteiger partial charge in [0.05, 0.1) is 0 Å². The molecule has 4 aliphatic carbocycles. The molecule has 3 nitrogen and oxygen atoms in total. The van der Waals surface area contributed by atoms with Gasteiger partial charge in [-0.3, -0.25) is 4.79 Å². The number of hydrogen-bond donors (Lipinski definition) is 1. The van der Waals surface area contributed by atoms with E-state index >= 15 is 0 Å². The highest BCUT2D eigenvalue weighted by molar-refractivity contribution is 5.92. The number of rotatable bonds is 3. The molecule has 4 saturated carbocycles. The number of nitrogens with zero attached hydrogens (tertiary/aromatic N) is 1. The lowest BCUT2D eigenvalue weighted by Gasteiger charge is -2.56. The second-order valence-corrected chi connectivity index (χ2v) is 7.60. The van der Waals surface area contributed by atoms with Crippen LogP contribution in [0.4, 0.5) is 0 Å². The zero-order chi connectivity index (χ0) is 13.7. The van der Waals surface area contributed by atoms with Crippen LogP contribution in [0.25, 0.3) is 0 Å². The van der Waals surface area contributed by atoms with Gasteiger partial charge in [-0.2, -0.15) is 0 Å².